The molecule has 0 radical (unpaired) electrons. The number of rotatable bonds is 6. The largest absolute Gasteiger partial charge is 0.310 e. The van der Waals surface area contributed by atoms with Gasteiger partial charge in [-0.3, -0.25) is 0 Å². The molecule has 382 valence electrons. The maximum absolute atomic E-state index is 2.50. The lowest BCUT2D eigenvalue weighted by molar-refractivity contribution is 0.590. The Bertz CT molecular complexity index is 4370. The molecule has 0 spiro atoms. The molecule has 0 bridgehead atoms. The summed E-state index contributed by atoms with van der Waals surface area (Å²) in [6.07, 6.45) is 6.96. The predicted molar refractivity (Wildman–Crippen MR) is 337 cm³/mol. The predicted octanol–water partition coefficient (Wildman–Crippen LogP) is 21.7. The monoisotopic (exact) mass is 1010 g/mol. The second-order valence-electron chi connectivity index (χ2n) is 25.7. The van der Waals surface area contributed by atoms with E-state index in [0.29, 0.717) is 0 Å². The summed E-state index contributed by atoms with van der Waals surface area (Å²) >= 11 is 0. The molecule has 3 aliphatic rings. The summed E-state index contributed by atoms with van der Waals surface area (Å²) in [7, 11) is 0. The molecule has 3 aliphatic carbocycles. The highest BCUT2D eigenvalue weighted by atomic mass is 15.1. The van der Waals surface area contributed by atoms with E-state index < -0.39 is 0 Å². The number of nitrogens with zero attached hydrogens (tertiary/aromatic N) is 2. The van der Waals surface area contributed by atoms with E-state index in [1.165, 1.54) is 115 Å². The molecule has 0 amide bonds. The molecule has 2 heteroatoms. The summed E-state index contributed by atoms with van der Waals surface area (Å²) in [5, 5.41) is 12.7. The second-order valence-corrected chi connectivity index (χ2v) is 25.7. The first-order valence-electron chi connectivity index (χ1n) is 28.3. The van der Waals surface area contributed by atoms with Gasteiger partial charge in [-0.05, 0) is 206 Å². The van der Waals surface area contributed by atoms with Crippen LogP contribution in [0, 0.1) is 0 Å². The Kier molecular flexibility index (Phi) is 10.6. The van der Waals surface area contributed by atoms with E-state index in [4.69, 9.17) is 0 Å². The molecule has 78 heavy (non-hydrogen) atoms. The van der Waals surface area contributed by atoms with Crippen LogP contribution in [0.1, 0.15) is 115 Å². The maximum atomic E-state index is 2.50. The van der Waals surface area contributed by atoms with Crippen LogP contribution in [-0.4, -0.2) is 0 Å². The Balaban J connectivity index is 0.974. The SMILES string of the molecule is CC(C)(C)c1ccc(N(c2ccc3c(c2)C(C)(C)C2=C3CCC=C2)c2ccc3c(c2)c2ccccc2c2c4ccc(N(c5ccc(C(C)(C)C)cc5)c5ccc6c(c5)C(C)(C)c5ccccc5-6)cc4c4ccccc4c32)cc1. The molecule has 2 nitrogen and oxygen atoms in total. The van der Waals surface area contributed by atoms with Crippen molar-refractivity contribution >= 4 is 93.6 Å². The van der Waals surface area contributed by atoms with Crippen molar-refractivity contribution in [3.63, 3.8) is 0 Å². The zero-order valence-corrected chi connectivity index (χ0v) is 46.9. The number of allylic oxidation sites excluding steroid dienone is 4. The van der Waals surface area contributed by atoms with Gasteiger partial charge < -0.3 is 9.80 Å². The topological polar surface area (TPSA) is 6.48 Å². The highest BCUT2D eigenvalue weighted by Gasteiger charge is 2.38. The van der Waals surface area contributed by atoms with E-state index in [1.54, 1.807) is 0 Å². The van der Waals surface area contributed by atoms with Crippen LogP contribution in [0.3, 0.4) is 0 Å². The molecule has 0 unspecified atom stereocenters. The quantitative estimate of drug-likeness (QED) is 0.153. The molecule has 0 aliphatic heterocycles. The van der Waals surface area contributed by atoms with Crippen LogP contribution in [0.15, 0.2) is 212 Å². The zero-order valence-electron chi connectivity index (χ0n) is 46.9. The van der Waals surface area contributed by atoms with E-state index in [9.17, 15) is 0 Å². The van der Waals surface area contributed by atoms with Crippen molar-refractivity contribution in [2.75, 3.05) is 9.80 Å². The Morgan fingerprint density at radius 3 is 1.26 bits per heavy atom. The van der Waals surface area contributed by atoms with E-state index >= 15 is 0 Å². The van der Waals surface area contributed by atoms with Crippen molar-refractivity contribution in [1.82, 2.24) is 0 Å². The minimum absolute atomic E-state index is 0.0386. The molecule has 0 saturated carbocycles. The van der Waals surface area contributed by atoms with Crippen LogP contribution in [0.4, 0.5) is 34.1 Å². The van der Waals surface area contributed by atoms with Gasteiger partial charge in [-0.25, -0.2) is 0 Å². The van der Waals surface area contributed by atoms with Gasteiger partial charge in [0.1, 0.15) is 0 Å². The first kappa shape index (κ1) is 48.2. The van der Waals surface area contributed by atoms with Gasteiger partial charge in [0.15, 0.2) is 0 Å². The zero-order chi connectivity index (χ0) is 53.6. The third kappa shape index (κ3) is 7.28. The fourth-order valence-electron chi connectivity index (χ4n) is 14.0. The molecular weight excluding hydrogens is 941 g/mol. The van der Waals surface area contributed by atoms with E-state index in [2.05, 4.69) is 285 Å². The second kappa shape index (κ2) is 17.1. The highest BCUT2D eigenvalue weighted by molar-refractivity contribution is 6.39. The molecule has 11 aromatic rings. The maximum Gasteiger partial charge on any atom is 0.0468 e. The summed E-state index contributed by atoms with van der Waals surface area (Å²) in [4.78, 5) is 4.98. The van der Waals surface area contributed by atoms with Crippen molar-refractivity contribution in [3.8, 4) is 11.1 Å². The summed E-state index contributed by atoms with van der Waals surface area (Å²) in [5.74, 6) is 0. The first-order valence-corrected chi connectivity index (χ1v) is 28.3. The molecule has 14 rings (SSSR count). The smallest absolute Gasteiger partial charge is 0.0468 e. The van der Waals surface area contributed by atoms with Crippen LogP contribution in [-0.2, 0) is 21.7 Å². The van der Waals surface area contributed by atoms with Crippen molar-refractivity contribution in [3.05, 3.63) is 245 Å². The van der Waals surface area contributed by atoms with Gasteiger partial charge >= 0.3 is 0 Å². The molecule has 11 aromatic carbocycles. The Hall–Kier alpha value is -8.20. The van der Waals surface area contributed by atoms with Crippen LogP contribution >= 0.6 is 0 Å². The molecule has 0 fully saturated rings. The van der Waals surface area contributed by atoms with Crippen LogP contribution in [0.25, 0.3) is 70.6 Å². The molecule has 0 aromatic heterocycles. The minimum atomic E-state index is -0.128. The Morgan fingerprint density at radius 2 is 0.744 bits per heavy atom. The Labute approximate surface area is 461 Å². The standard InChI is InChI=1S/C76H68N2/c1-73(2,3)47-27-31-49(32-28-47)77(53-35-39-59-57-21-15-17-25-67(57)75(7,8)69(59)45-53)51-37-41-63-65(43-51)55-19-11-13-23-61(55)72-64-42-38-52(44-66(64)56-20-12-14-24-62(56)71(63)72)78(50-33-29-48(30-34-50)74(4,5)6)54-36-40-60-58-22-16-18-26-68(58)76(9,10)70(60)46-54/h11-15,17-21,23-46H,16,22H2,1-10H3. The van der Waals surface area contributed by atoms with E-state index in [0.717, 1.165) is 41.3 Å². The van der Waals surface area contributed by atoms with Crippen molar-refractivity contribution in [2.45, 2.75) is 104 Å². The molecule has 0 heterocycles. The molecule has 0 N–H and O–H groups in total. The number of benzene rings is 11. The molecule has 0 atom stereocenters. The summed E-state index contributed by atoms with van der Waals surface area (Å²) in [6.45, 7) is 23.4. The van der Waals surface area contributed by atoms with Gasteiger partial charge in [0.2, 0.25) is 0 Å². The normalized spacial score (nSPS) is 15.3. The van der Waals surface area contributed by atoms with Crippen LogP contribution in [0.5, 0.6) is 0 Å². The summed E-state index contributed by atoms with van der Waals surface area (Å²) in [6, 6.07) is 74.7. The lowest BCUT2D eigenvalue weighted by Crippen LogP contribution is -2.18. The minimum Gasteiger partial charge on any atom is -0.310 e. The van der Waals surface area contributed by atoms with Crippen LogP contribution in [0.2, 0.25) is 0 Å². The fourth-order valence-corrected chi connectivity index (χ4v) is 14.0. The molecule has 0 saturated heterocycles. The van der Waals surface area contributed by atoms with E-state index in [-0.39, 0.29) is 21.7 Å². The number of anilines is 6. The lowest BCUT2D eigenvalue weighted by atomic mass is 9.80. The fraction of sp³-hybridized carbons (Fsp3) is 0.211. The summed E-state index contributed by atoms with van der Waals surface area (Å²) < 4.78 is 0. The third-order valence-corrected chi connectivity index (χ3v) is 18.2. The van der Waals surface area contributed by atoms with Gasteiger partial charge in [0.05, 0.1) is 0 Å². The third-order valence-electron chi connectivity index (χ3n) is 18.2. The lowest BCUT2D eigenvalue weighted by Gasteiger charge is -2.30. The van der Waals surface area contributed by atoms with Gasteiger partial charge in [-0.2, -0.15) is 0 Å². The number of hydrogen-bond acceptors (Lipinski definition) is 2. The Morgan fingerprint density at radius 1 is 0.346 bits per heavy atom. The van der Waals surface area contributed by atoms with Gasteiger partial charge in [-0.1, -0.05) is 203 Å². The van der Waals surface area contributed by atoms with Crippen molar-refractivity contribution < 1.29 is 0 Å². The van der Waals surface area contributed by atoms with Gasteiger partial charge in [0.25, 0.3) is 0 Å². The number of hydrogen-bond donors (Lipinski definition) is 0. The average Bonchev–Trinajstić information content (AvgIpc) is 3.86. The van der Waals surface area contributed by atoms with E-state index in [1.807, 2.05) is 0 Å². The van der Waals surface area contributed by atoms with Crippen LogP contribution < -0.4 is 9.80 Å². The average molecular weight is 1010 g/mol. The van der Waals surface area contributed by atoms with Gasteiger partial charge in [0, 0.05) is 45.0 Å². The van der Waals surface area contributed by atoms with Crippen molar-refractivity contribution in [1.29, 1.82) is 0 Å². The first-order chi connectivity index (χ1) is 37.5. The molecular formula is C76H68N2. The highest BCUT2D eigenvalue weighted by Crippen LogP contribution is 2.54. The van der Waals surface area contributed by atoms with Crippen molar-refractivity contribution in [2.24, 2.45) is 0 Å². The van der Waals surface area contributed by atoms with Gasteiger partial charge in [-0.15, -0.1) is 0 Å². The summed E-state index contributed by atoms with van der Waals surface area (Å²) in [5.41, 5.74) is 20.7. The number of fused-ring (bicyclic) bond motifs is 16.